The molecule has 26 heavy (non-hydrogen) atoms. The first-order valence-electron chi connectivity index (χ1n) is 8.79. The van der Waals surface area contributed by atoms with E-state index in [1.807, 2.05) is 10.6 Å². The highest BCUT2D eigenvalue weighted by molar-refractivity contribution is 8.19. The molecule has 152 valence electrons. The zero-order chi connectivity index (χ0) is 20.3. The normalized spacial score (nSPS) is 18.5. The molecule has 0 N–H and O–H groups in total. The Morgan fingerprint density at radius 1 is 0.769 bits per heavy atom. The van der Waals surface area contributed by atoms with E-state index in [1.165, 1.54) is 42.9 Å². The van der Waals surface area contributed by atoms with Crippen LogP contribution in [-0.4, -0.2) is 70.3 Å². The van der Waals surface area contributed by atoms with Crippen LogP contribution in [0.3, 0.4) is 0 Å². The van der Waals surface area contributed by atoms with Crippen molar-refractivity contribution < 1.29 is 0 Å². The first-order chi connectivity index (χ1) is 11.6. The van der Waals surface area contributed by atoms with Crippen molar-refractivity contribution in [1.29, 1.82) is 0 Å². The maximum Gasteiger partial charge on any atom is 0.176 e. The van der Waals surface area contributed by atoms with Crippen LogP contribution in [-0.2, 0) is 47.2 Å². The molecule has 2 atom stereocenters. The molecular weight excluding hydrogens is 506 g/mol. The average molecular weight is 542 g/mol. The van der Waals surface area contributed by atoms with Gasteiger partial charge in [0.05, 0.1) is 0 Å². The maximum atomic E-state index is 5.91. The Bertz CT molecular complexity index is 672. The quantitative estimate of drug-likeness (QED) is 0.257. The van der Waals surface area contributed by atoms with E-state index in [1.54, 1.807) is 0 Å². The standard InChI is InChI=1S/C16H35P6S4/c1-17(23)11-18(12-20(2,3)24)15-9-8-10-16(15)19(13-21(4,5)25)14-22(6,7)26/h8-14H2,1-7H3/q+1. The van der Waals surface area contributed by atoms with Crippen molar-refractivity contribution in [2.75, 3.05) is 70.3 Å². The summed E-state index contributed by atoms with van der Waals surface area (Å²) in [5.41, 5.74) is 0. The second kappa shape index (κ2) is 11.1. The second-order valence-corrected chi connectivity index (χ2v) is 38.0. The van der Waals surface area contributed by atoms with Crippen LogP contribution in [0.2, 0.25) is 0 Å². The SMILES string of the molecule is C[P+](=S)CP(CP(C)(C)=S)C1=C(P(CP(C)(C)=S)CP(C)(C)=S)CCC1. The zero-order valence-electron chi connectivity index (χ0n) is 17.3. The van der Waals surface area contributed by atoms with Gasteiger partial charge in [-0.2, -0.15) is 0 Å². The second-order valence-electron chi connectivity index (χ2n) is 8.74. The van der Waals surface area contributed by atoms with Crippen LogP contribution in [0.4, 0.5) is 0 Å². The number of hydrogen-bond acceptors (Lipinski definition) is 4. The van der Waals surface area contributed by atoms with Crippen molar-refractivity contribution in [1.82, 2.24) is 0 Å². The lowest BCUT2D eigenvalue weighted by atomic mass is 10.4. The molecule has 1 aliphatic carbocycles. The van der Waals surface area contributed by atoms with E-state index in [0.717, 1.165) is 0 Å². The Balaban J connectivity index is 3.33. The summed E-state index contributed by atoms with van der Waals surface area (Å²) in [4.78, 5) is 0. The monoisotopic (exact) mass is 541 g/mol. The molecule has 0 amide bonds. The molecule has 0 aromatic heterocycles. The third kappa shape index (κ3) is 11.5. The van der Waals surface area contributed by atoms with E-state index in [9.17, 15) is 0 Å². The minimum Gasteiger partial charge on any atom is -0.0977 e. The first-order valence-corrected chi connectivity index (χ1v) is 26.9. The highest BCUT2D eigenvalue weighted by Gasteiger charge is 2.32. The summed E-state index contributed by atoms with van der Waals surface area (Å²) in [5, 5.41) is 3.66. The molecule has 0 fully saturated rings. The van der Waals surface area contributed by atoms with Gasteiger partial charge in [-0.05, 0) is 95.9 Å². The summed E-state index contributed by atoms with van der Waals surface area (Å²) in [6.07, 6.45) is 3.95. The van der Waals surface area contributed by atoms with E-state index >= 15 is 0 Å². The van der Waals surface area contributed by atoms with Crippen molar-refractivity contribution in [2.24, 2.45) is 0 Å². The minimum absolute atomic E-state index is 0.122. The molecule has 0 spiro atoms. The summed E-state index contributed by atoms with van der Waals surface area (Å²) in [7, 11) is -0.260. The molecule has 0 aromatic rings. The average Bonchev–Trinajstić information content (AvgIpc) is 2.79. The van der Waals surface area contributed by atoms with Gasteiger partial charge in [-0.15, -0.1) is 0 Å². The molecule has 1 rings (SSSR count). The molecule has 0 bridgehead atoms. The fraction of sp³-hybridized carbons (Fsp3) is 0.875. The van der Waals surface area contributed by atoms with E-state index in [-0.39, 0.29) is 22.5 Å². The molecule has 0 radical (unpaired) electrons. The Hall–Kier alpha value is 3.07. The summed E-state index contributed by atoms with van der Waals surface area (Å²) in [6.45, 7) is 16.0. The molecule has 2 unspecified atom stereocenters. The topological polar surface area (TPSA) is 0 Å². The summed E-state index contributed by atoms with van der Waals surface area (Å²) >= 11 is 23.4. The van der Waals surface area contributed by atoms with Gasteiger partial charge in [-0.1, -0.05) is 43.3 Å². The summed E-state index contributed by atoms with van der Waals surface area (Å²) in [6, 6.07) is -3.62. The van der Waals surface area contributed by atoms with Gasteiger partial charge in [0, 0.05) is 17.7 Å². The zero-order valence-corrected chi connectivity index (χ0v) is 25.9. The number of rotatable bonds is 10. The Morgan fingerprint density at radius 3 is 1.46 bits per heavy atom. The maximum absolute atomic E-state index is 5.91. The Labute approximate surface area is 186 Å². The molecule has 0 aliphatic heterocycles. The van der Waals surface area contributed by atoms with Gasteiger partial charge < -0.3 is 0 Å². The lowest BCUT2D eigenvalue weighted by Crippen LogP contribution is -1.97. The minimum atomic E-state index is -1.21. The fourth-order valence-corrected chi connectivity index (χ4v) is 27.9. The van der Waals surface area contributed by atoms with Crippen LogP contribution in [0.1, 0.15) is 19.3 Å². The van der Waals surface area contributed by atoms with Gasteiger partial charge in [-0.3, -0.25) is 0 Å². The van der Waals surface area contributed by atoms with Crippen LogP contribution in [0, 0.1) is 0 Å². The predicted octanol–water partition coefficient (Wildman–Crippen LogP) is 7.97. The highest BCUT2D eigenvalue weighted by Crippen LogP contribution is 2.71. The van der Waals surface area contributed by atoms with E-state index in [0.29, 0.717) is 0 Å². The van der Waals surface area contributed by atoms with Gasteiger partial charge in [0.2, 0.25) is 0 Å². The van der Waals surface area contributed by atoms with Gasteiger partial charge in [0.15, 0.2) is 18.5 Å². The molecule has 0 saturated carbocycles. The van der Waals surface area contributed by atoms with Gasteiger partial charge >= 0.3 is 0 Å². The van der Waals surface area contributed by atoms with Gasteiger partial charge in [-0.25, -0.2) is 0 Å². The van der Waals surface area contributed by atoms with Crippen molar-refractivity contribution in [3.05, 3.63) is 10.6 Å². The third-order valence-electron chi connectivity index (χ3n) is 3.83. The molecule has 0 nitrogen and oxygen atoms in total. The molecular formula is C16H35P6S4+. The Kier molecular flexibility index (Phi) is 11.6. The predicted molar refractivity (Wildman–Crippen MR) is 153 cm³/mol. The van der Waals surface area contributed by atoms with Crippen molar-refractivity contribution in [3.8, 4) is 0 Å². The molecule has 1 aliphatic rings. The molecule has 0 heterocycles. The van der Waals surface area contributed by atoms with Crippen molar-refractivity contribution in [3.63, 3.8) is 0 Å². The van der Waals surface area contributed by atoms with Crippen molar-refractivity contribution in [2.45, 2.75) is 19.3 Å². The van der Waals surface area contributed by atoms with E-state index in [4.69, 9.17) is 47.2 Å². The van der Waals surface area contributed by atoms with E-state index < -0.39 is 18.1 Å². The molecule has 10 heteroatoms. The smallest absolute Gasteiger partial charge is 0.0977 e. The lowest BCUT2D eigenvalue weighted by molar-refractivity contribution is 0.919. The van der Waals surface area contributed by atoms with Crippen molar-refractivity contribution >= 4 is 87.9 Å². The summed E-state index contributed by atoms with van der Waals surface area (Å²) < 4.78 is 0. The molecule has 0 aromatic carbocycles. The fourth-order valence-electron chi connectivity index (χ4n) is 3.30. The van der Waals surface area contributed by atoms with Crippen LogP contribution in [0.15, 0.2) is 10.6 Å². The first kappa shape index (κ1) is 27.1. The number of allylic oxidation sites excluding steroid dienone is 2. The third-order valence-corrected chi connectivity index (χ3v) is 25.9. The largest absolute Gasteiger partial charge is 0.176 e. The van der Waals surface area contributed by atoms with Crippen LogP contribution < -0.4 is 0 Å². The lowest BCUT2D eigenvalue weighted by Gasteiger charge is -2.29. The van der Waals surface area contributed by atoms with Gasteiger partial charge in [0.25, 0.3) is 0 Å². The van der Waals surface area contributed by atoms with E-state index in [2.05, 4.69) is 46.7 Å². The Morgan fingerprint density at radius 2 is 1.12 bits per heavy atom. The number of hydrogen-bond donors (Lipinski definition) is 0. The van der Waals surface area contributed by atoms with Crippen LogP contribution in [0.25, 0.3) is 0 Å². The van der Waals surface area contributed by atoms with Crippen LogP contribution in [0.5, 0.6) is 0 Å². The summed E-state index contributed by atoms with van der Waals surface area (Å²) in [5.74, 6) is 5.05. The van der Waals surface area contributed by atoms with Crippen LogP contribution >= 0.6 is 40.7 Å². The molecule has 0 saturated heterocycles. The van der Waals surface area contributed by atoms with Gasteiger partial charge in [0.1, 0.15) is 12.6 Å². The highest BCUT2D eigenvalue weighted by atomic mass is 32.5.